The van der Waals surface area contributed by atoms with Gasteiger partial charge < -0.3 is 9.84 Å². The van der Waals surface area contributed by atoms with Gasteiger partial charge in [0.1, 0.15) is 5.76 Å². The molecule has 0 saturated heterocycles. The van der Waals surface area contributed by atoms with Gasteiger partial charge in [-0.15, -0.1) is 11.8 Å². The minimum Gasteiger partial charge on any atom is -0.359 e. The molecule has 0 saturated carbocycles. The fourth-order valence-electron chi connectivity index (χ4n) is 1.61. The molecule has 0 spiro atoms. The molecule has 5 nitrogen and oxygen atoms in total. The number of urea groups is 1. The highest BCUT2D eigenvalue weighted by Gasteiger charge is 2.21. The lowest BCUT2D eigenvalue weighted by atomic mass is 9.93. The summed E-state index contributed by atoms with van der Waals surface area (Å²) in [5.41, 5.74) is -0.122. The predicted molar refractivity (Wildman–Crippen MR) is 77.1 cm³/mol. The highest BCUT2D eigenvalue weighted by Crippen LogP contribution is 2.29. The van der Waals surface area contributed by atoms with E-state index in [-0.39, 0.29) is 11.4 Å². The average Bonchev–Trinajstić information content (AvgIpc) is 2.87. The largest absolute Gasteiger partial charge is 0.359 e. The van der Waals surface area contributed by atoms with Gasteiger partial charge in [0.25, 0.3) is 0 Å². The highest BCUT2D eigenvalue weighted by molar-refractivity contribution is 8.03. The molecule has 1 aliphatic heterocycles. The van der Waals surface area contributed by atoms with Gasteiger partial charge in [-0.3, -0.25) is 5.32 Å². The minimum absolute atomic E-state index is 0.122. The molecule has 19 heavy (non-hydrogen) atoms. The van der Waals surface area contributed by atoms with Crippen molar-refractivity contribution in [1.29, 1.82) is 0 Å². The van der Waals surface area contributed by atoms with Gasteiger partial charge in [0, 0.05) is 16.7 Å². The molecule has 2 N–H and O–H groups in total. The van der Waals surface area contributed by atoms with Crippen LogP contribution < -0.4 is 10.6 Å². The van der Waals surface area contributed by atoms with Crippen LogP contribution in [0.4, 0.5) is 10.6 Å². The molecule has 1 atom stereocenters. The number of nitrogens with one attached hydrogen (secondary N) is 2. The molecule has 0 aromatic carbocycles. The number of hydrogen-bond acceptors (Lipinski definition) is 4. The van der Waals surface area contributed by atoms with Crippen molar-refractivity contribution in [2.45, 2.75) is 44.8 Å². The van der Waals surface area contributed by atoms with Crippen molar-refractivity contribution in [1.82, 2.24) is 10.5 Å². The van der Waals surface area contributed by atoms with Crippen molar-refractivity contribution in [2.24, 2.45) is 0 Å². The Hall–Kier alpha value is -1.43. The van der Waals surface area contributed by atoms with Crippen molar-refractivity contribution in [3.05, 3.63) is 22.9 Å². The molecule has 1 aliphatic rings. The Morgan fingerprint density at radius 1 is 1.47 bits per heavy atom. The monoisotopic (exact) mass is 281 g/mol. The summed E-state index contributed by atoms with van der Waals surface area (Å²) in [6.45, 7) is 8.21. The Bertz CT molecular complexity index is 502. The van der Waals surface area contributed by atoms with Gasteiger partial charge in [-0.2, -0.15) is 0 Å². The van der Waals surface area contributed by atoms with E-state index in [1.165, 1.54) is 0 Å². The first-order valence-corrected chi connectivity index (χ1v) is 7.14. The normalized spacial score (nSPS) is 19.2. The Morgan fingerprint density at radius 3 is 2.74 bits per heavy atom. The maximum absolute atomic E-state index is 11.8. The van der Waals surface area contributed by atoms with Crippen molar-refractivity contribution in [3.8, 4) is 0 Å². The molecule has 0 bridgehead atoms. The van der Waals surface area contributed by atoms with Crippen LogP contribution in [-0.4, -0.2) is 16.4 Å². The Balaban J connectivity index is 1.91. The van der Waals surface area contributed by atoms with E-state index in [1.54, 1.807) is 17.8 Å². The van der Waals surface area contributed by atoms with Gasteiger partial charge in [-0.05, 0) is 6.42 Å². The van der Waals surface area contributed by atoms with Crippen LogP contribution in [0.25, 0.3) is 0 Å². The van der Waals surface area contributed by atoms with Crippen LogP contribution in [0.1, 0.15) is 39.9 Å². The summed E-state index contributed by atoms with van der Waals surface area (Å²) < 4.78 is 5.20. The van der Waals surface area contributed by atoms with Crippen molar-refractivity contribution in [2.75, 3.05) is 5.32 Å². The van der Waals surface area contributed by atoms with Gasteiger partial charge in [0.15, 0.2) is 5.82 Å². The number of carbonyl (C=O) groups excluding carboxylic acids is 1. The maximum Gasteiger partial charge on any atom is 0.325 e. The lowest BCUT2D eigenvalue weighted by molar-refractivity contribution is 0.254. The van der Waals surface area contributed by atoms with Crippen LogP contribution in [-0.2, 0) is 5.41 Å². The molecule has 0 aliphatic carbocycles. The molecule has 2 heterocycles. The van der Waals surface area contributed by atoms with E-state index in [0.29, 0.717) is 11.1 Å². The van der Waals surface area contributed by atoms with Gasteiger partial charge >= 0.3 is 6.03 Å². The highest BCUT2D eigenvalue weighted by atomic mass is 32.2. The average molecular weight is 281 g/mol. The van der Waals surface area contributed by atoms with Crippen molar-refractivity contribution in [3.63, 3.8) is 0 Å². The first-order valence-electron chi connectivity index (χ1n) is 6.26. The lowest BCUT2D eigenvalue weighted by Crippen LogP contribution is -2.26. The fourth-order valence-corrected chi connectivity index (χ4v) is 2.58. The van der Waals surface area contributed by atoms with Crippen LogP contribution in [0.5, 0.6) is 0 Å². The number of thioether (sulfide) groups is 1. The van der Waals surface area contributed by atoms with Gasteiger partial charge in [-0.1, -0.05) is 38.9 Å². The molecule has 0 fully saturated rings. The van der Waals surface area contributed by atoms with E-state index < -0.39 is 0 Å². The number of anilines is 1. The molecule has 1 aromatic heterocycles. The Labute approximate surface area is 117 Å². The first-order chi connectivity index (χ1) is 8.84. The Kier molecular flexibility index (Phi) is 3.89. The smallest absolute Gasteiger partial charge is 0.325 e. The summed E-state index contributed by atoms with van der Waals surface area (Å²) in [6.07, 6.45) is 3.01. The summed E-state index contributed by atoms with van der Waals surface area (Å²) >= 11 is 1.66. The second-order valence-electron chi connectivity index (χ2n) is 5.64. The third-order valence-electron chi connectivity index (χ3n) is 2.69. The topological polar surface area (TPSA) is 67.2 Å². The first kappa shape index (κ1) is 14.0. The molecule has 6 heteroatoms. The number of hydrogen-bond donors (Lipinski definition) is 2. The number of aromatic nitrogens is 1. The Morgan fingerprint density at radius 2 is 2.21 bits per heavy atom. The number of rotatable bonds is 2. The number of amides is 2. The second-order valence-corrected chi connectivity index (χ2v) is 7.12. The summed E-state index contributed by atoms with van der Waals surface area (Å²) in [7, 11) is 0. The zero-order chi connectivity index (χ0) is 14.0. The molecule has 1 unspecified atom stereocenters. The van der Waals surface area contributed by atoms with E-state index >= 15 is 0 Å². The summed E-state index contributed by atoms with van der Waals surface area (Å²) in [4.78, 5) is 11.8. The molecule has 2 rings (SSSR count). The van der Waals surface area contributed by atoms with E-state index in [9.17, 15) is 4.79 Å². The van der Waals surface area contributed by atoms with Crippen LogP contribution in [0.2, 0.25) is 0 Å². The minimum atomic E-state index is -0.290. The van der Waals surface area contributed by atoms with Gasteiger partial charge in [0.2, 0.25) is 0 Å². The van der Waals surface area contributed by atoms with Crippen LogP contribution in [0.3, 0.4) is 0 Å². The van der Waals surface area contributed by atoms with Crippen LogP contribution >= 0.6 is 11.8 Å². The predicted octanol–water partition coefficient (Wildman–Crippen LogP) is 3.46. The zero-order valence-electron chi connectivity index (χ0n) is 11.6. The zero-order valence-corrected chi connectivity index (χ0v) is 12.4. The SMILES string of the molecule is CC1CC=C(NC(=O)Nc2cc(C(C)(C)C)on2)S1. The van der Waals surface area contributed by atoms with Crippen LogP contribution in [0, 0.1) is 0 Å². The summed E-state index contributed by atoms with van der Waals surface area (Å²) in [5, 5.41) is 10.7. The fraction of sp³-hybridized carbons (Fsp3) is 0.538. The summed E-state index contributed by atoms with van der Waals surface area (Å²) in [6, 6.07) is 1.46. The van der Waals surface area contributed by atoms with Gasteiger partial charge in [-0.25, -0.2) is 4.79 Å². The second kappa shape index (κ2) is 5.28. The van der Waals surface area contributed by atoms with Crippen molar-refractivity contribution >= 4 is 23.6 Å². The number of allylic oxidation sites excluding steroid dienone is 1. The van der Waals surface area contributed by atoms with Gasteiger partial charge in [0.05, 0.1) is 5.03 Å². The summed E-state index contributed by atoms with van der Waals surface area (Å²) in [5.74, 6) is 1.17. The standard InChI is InChI=1S/C13H19N3O2S/c1-8-5-6-11(19-8)15-12(17)14-10-7-9(18-16-10)13(2,3)4/h6-8H,5H2,1-4H3,(H2,14,15,16,17). The van der Waals surface area contributed by atoms with E-state index in [4.69, 9.17) is 4.52 Å². The molecule has 104 valence electrons. The molecular formula is C13H19N3O2S. The van der Waals surface area contributed by atoms with Crippen LogP contribution in [0.15, 0.2) is 21.7 Å². The third-order valence-corrected chi connectivity index (χ3v) is 3.81. The van der Waals surface area contributed by atoms with E-state index in [2.05, 4.69) is 22.7 Å². The van der Waals surface area contributed by atoms with E-state index in [1.807, 2.05) is 26.8 Å². The number of nitrogens with zero attached hydrogens (tertiary/aromatic N) is 1. The molecule has 0 radical (unpaired) electrons. The van der Waals surface area contributed by atoms with E-state index in [0.717, 1.165) is 17.2 Å². The lowest BCUT2D eigenvalue weighted by Gasteiger charge is -2.12. The quantitative estimate of drug-likeness (QED) is 0.871. The molecule has 1 aromatic rings. The maximum atomic E-state index is 11.8. The molecular weight excluding hydrogens is 262 g/mol. The molecule has 2 amide bonds. The van der Waals surface area contributed by atoms with Crippen molar-refractivity contribution < 1.29 is 9.32 Å². The number of carbonyl (C=O) groups is 1. The third kappa shape index (κ3) is 3.76.